The third kappa shape index (κ3) is 2.81. The van der Waals surface area contributed by atoms with Gasteiger partial charge in [-0.3, -0.25) is 0 Å². The molecule has 2 rings (SSSR count). The number of hydrogen-bond donors (Lipinski definition) is 2. The summed E-state index contributed by atoms with van der Waals surface area (Å²) in [5, 5.41) is 9.77. The van der Waals surface area contributed by atoms with Crippen molar-refractivity contribution in [1.29, 1.82) is 0 Å². The van der Waals surface area contributed by atoms with Crippen LogP contribution in [0.1, 0.15) is 23.7 Å². The number of carbonyl (C=O) groups is 1. The van der Waals surface area contributed by atoms with Crippen molar-refractivity contribution in [2.45, 2.75) is 19.4 Å². The summed E-state index contributed by atoms with van der Waals surface area (Å²) in [5.41, 5.74) is 7.57. The van der Waals surface area contributed by atoms with Gasteiger partial charge in [0, 0.05) is 18.8 Å². The Labute approximate surface area is 113 Å². The molecule has 0 radical (unpaired) electrons. The number of carbonyl (C=O) groups excluding carboxylic acids is 1. The molecular formula is C14H20N2O3. The Kier molecular flexibility index (Phi) is 3.95. The second-order valence-corrected chi connectivity index (χ2v) is 5.05. The van der Waals surface area contributed by atoms with E-state index in [4.69, 9.17) is 10.5 Å². The molecule has 0 aliphatic carbocycles. The number of nitrogens with two attached hydrogens (primary N) is 1. The van der Waals surface area contributed by atoms with Gasteiger partial charge in [0.1, 0.15) is 0 Å². The molecule has 1 heterocycles. The van der Waals surface area contributed by atoms with Gasteiger partial charge >= 0.3 is 5.97 Å². The van der Waals surface area contributed by atoms with Crippen LogP contribution in [0.4, 0.5) is 11.4 Å². The van der Waals surface area contributed by atoms with Gasteiger partial charge in [0.2, 0.25) is 0 Å². The Balaban J connectivity index is 2.31. The zero-order valence-electron chi connectivity index (χ0n) is 11.3. The molecule has 0 amide bonds. The van der Waals surface area contributed by atoms with E-state index in [-0.39, 0.29) is 18.0 Å². The predicted molar refractivity (Wildman–Crippen MR) is 74.2 cm³/mol. The monoisotopic (exact) mass is 264 g/mol. The molecule has 1 aliphatic rings. The lowest BCUT2D eigenvalue weighted by atomic mass is 9.95. The summed E-state index contributed by atoms with van der Waals surface area (Å²) in [6.45, 7) is 3.44. The molecule has 2 unspecified atom stereocenters. The summed E-state index contributed by atoms with van der Waals surface area (Å²) in [6, 6.07) is 5.25. The number of aliphatic hydroxyl groups excluding tert-OH is 1. The van der Waals surface area contributed by atoms with E-state index in [2.05, 4.69) is 4.90 Å². The van der Waals surface area contributed by atoms with E-state index in [1.807, 2.05) is 13.0 Å². The highest BCUT2D eigenvalue weighted by atomic mass is 16.5. The molecule has 1 aromatic carbocycles. The Hall–Kier alpha value is -1.75. The number of rotatable bonds is 2. The summed E-state index contributed by atoms with van der Waals surface area (Å²) < 4.78 is 4.80. The highest BCUT2D eigenvalue weighted by molar-refractivity contribution is 5.97. The maximum Gasteiger partial charge on any atom is 0.340 e. The van der Waals surface area contributed by atoms with E-state index < -0.39 is 0 Å². The third-order valence-corrected chi connectivity index (χ3v) is 3.63. The fraction of sp³-hybridized carbons (Fsp3) is 0.500. The number of methoxy groups -OCH3 is 1. The van der Waals surface area contributed by atoms with Gasteiger partial charge in [0.05, 0.1) is 24.5 Å². The van der Waals surface area contributed by atoms with Crippen LogP contribution in [0.3, 0.4) is 0 Å². The Morgan fingerprint density at radius 1 is 1.53 bits per heavy atom. The van der Waals surface area contributed by atoms with Crippen molar-refractivity contribution in [3.63, 3.8) is 0 Å². The molecule has 19 heavy (non-hydrogen) atoms. The SMILES string of the molecule is COC(=O)c1cc(N)ccc1N1CCC(O)C(C)C1. The van der Waals surface area contributed by atoms with Crippen molar-refractivity contribution in [1.82, 2.24) is 0 Å². The minimum Gasteiger partial charge on any atom is -0.465 e. The average Bonchev–Trinajstić information content (AvgIpc) is 2.41. The smallest absolute Gasteiger partial charge is 0.340 e. The molecule has 0 bridgehead atoms. The maximum atomic E-state index is 11.8. The van der Waals surface area contributed by atoms with E-state index in [0.29, 0.717) is 17.7 Å². The number of nitrogens with zero attached hydrogens (tertiary/aromatic N) is 1. The van der Waals surface area contributed by atoms with Gasteiger partial charge in [-0.1, -0.05) is 6.92 Å². The van der Waals surface area contributed by atoms with Crippen LogP contribution < -0.4 is 10.6 Å². The minimum absolute atomic E-state index is 0.178. The van der Waals surface area contributed by atoms with Gasteiger partial charge in [-0.2, -0.15) is 0 Å². The van der Waals surface area contributed by atoms with E-state index in [9.17, 15) is 9.90 Å². The molecular weight excluding hydrogens is 244 g/mol. The number of anilines is 2. The summed E-state index contributed by atoms with van der Waals surface area (Å²) in [7, 11) is 1.36. The number of nitrogen functional groups attached to an aromatic ring is 1. The first kappa shape index (κ1) is 13.7. The van der Waals surface area contributed by atoms with Crippen LogP contribution in [-0.2, 0) is 4.74 Å². The molecule has 104 valence electrons. The lowest BCUT2D eigenvalue weighted by Crippen LogP contribution is -2.42. The van der Waals surface area contributed by atoms with Crippen molar-refractivity contribution in [3.05, 3.63) is 23.8 Å². The molecule has 1 aliphatic heterocycles. The maximum absolute atomic E-state index is 11.8. The second-order valence-electron chi connectivity index (χ2n) is 5.05. The summed E-state index contributed by atoms with van der Waals surface area (Å²) in [6.07, 6.45) is 0.429. The lowest BCUT2D eigenvalue weighted by Gasteiger charge is -2.36. The van der Waals surface area contributed by atoms with Crippen molar-refractivity contribution in [2.75, 3.05) is 30.8 Å². The van der Waals surface area contributed by atoms with Crippen molar-refractivity contribution < 1.29 is 14.6 Å². The molecule has 0 spiro atoms. The molecule has 2 atom stereocenters. The zero-order valence-corrected chi connectivity index (χ0v) is 11.3. The summed E-state index contributed by atoms with van der Waals surface area (Å²) in [4.78, 5) is 13.9. The van der Waals surface area contributed by atoms with Crippen molar-refractivity contribution in [2.24, 2.45) is 5.92 Å². The van der Waals surface area contributed by atoms with Crippen LogP contribution in [-0.4, -0.2) is 37.4 Å². The fourth-order valence-corrected chi connectivity index (χ4v) is 2.45. The zero-order chi connectivity index (χ0) is 14.0. The molecule has 0 saturated carbocycles. The highest BCUT2D eigenvalue weighted by Crippen LogP contribution is 2.28. The quantitative estimate of drug-likeness (QED) is 0.621. The third-order valence-electron chi connectivity index (χ3n) is 3.63. The normalized spacial score (nSPS) is 23.2. The van der Waals surface area contributed by atoms with Gasteiger partial charge in [0.25, 0.3) is 0 Å². The van der Waals surface area contributed by atoms with Crippen LogP contribution in [0.2, 0.25) is 0 Å². The van der Waals surface area contributed by atoms with E-state index in [0.717, 1.165) is 18.8 Å². The molecule has 0 aromatic heterocycles. The van der Waals surface area contributed by atoms with Crippen molar-refractivity contribution in [3.8, 4) is 0 Å². The van der Waals surface area contributed by atoms with Crippen LogP contribution in [0.25, 0.3) is 0 Å². The lowest BCUT2D eigenvalue weighted by molar-refractivity contribution is 0.0601. The van der Waals surface area contributed by atoms with Gasteiger partial charge in [-0.25, -0.2) is 4.79 Å². The summed E-state index contributed by atoms with van der Waals surface area (Å²) in [5.74, 6) is -0.210. The van der Waals surface area contributed by atoms with Crippen molar-refractivity contribution >= 4 is 17.3 Å². The number of esters is 1. The average molecular weight is 264 g/mol. The largest absolute Gasteiger partial charge is 0.465 e. The number of aliphatic hydroxyl groups is 1. The standard InChI is InChI=1S/C14H20N2O3/c1-9-8-16(6-5-13(9)17)12-4-3-10(15)7-11(12)14(18)19-2/h3-4,7,9,13,17H,5-6,8,15H2,1-2H3. The molecule has 5 nitrogen and oxygen atoms in total. The Morgan fingerprint density at radius 3 is 2.89 bits per heavy atom. The molecule has 5 heteroatoms. The predicted octanol–water partition coefficient (Wildman–Crippen LogP) is 1.26. The summed E-state index contributed by atoms with van der Waals surface area (Å²) >= 11 is 0. The molecule has 3 N–H and O–H groups in total. The van der Waals surface area contributed by atoms with Gasteiger partial charge in [0.15, 0.2) is 0 Å². The number of benzene rings is 1. The van der Waals surface area contributed by atoms with Gasteiger partial charge in [-0.05, 0) is 30.5 Å². The highest BCUT2D eigenvalue weighted by Gasteiger charge is 2.27. The number of hydrogen-bond acceptors (Lipinski definition) is 5. The van der Waals surface area contributed by atoms with E-state index in [1.54, 1.807) is 12.1 Å². The molecule has 1 saturated heterocycles. The molecule has 1 aromatic rings. The van der Waals surface area contributed by atoms with Crippen LogP contribution in [0.15, 0.2) is 18.2 Å². The fourth-order valence-electron chi connectivity index (χ4n) is 2.45. The van der Waals surface area contributed by atoms with Gasteiger partial charge in [-0.15, -0.1) is 0 Å². The Morgan fingerprint density at radius 2 is 2.26 bits per heavy atom. The van der Waals surface area contributed by atoms with E-state index in [1.165, 1.54) is 7.11 Å². The topological polar surface area (TPSA) is 75.8 Å². The second kappa shape index (κ2) is 5.48. The van der Waals surface area contributed by atoms with Gasteiger partial charge < -0.3 is 20.5 Å². The first-order chi connectivity index (χ1) is 9.02. The number of piperidine rings is 1. The van der Waals surface area contributed by atoms with Crippen LogP contribution in [0, 0.1) is 5.92 Å². The van der Waals surface area contributed by atoms with Crippen LogP contribution >= 0.6 is 0 Å². The van der Waals surface area contributed by atoms with Crippen LogP contribution in [0.5, 0.6) is 0 Å². The number of ether oxygens (including phenoxy) is 1. The van der Waals surface area contributed by atoms with E-state index >= 15 is 0 Å². The first-order valence-electron chi connectivity index (χ1n) is 6.43. The Bertz CT molecular complexity index is 476. The minimum atomic E-state index is -0.388. The first-order valence-corrected chi connectivity index (χ1v) is 6.43. The molecule has 1 fully saturated rings.